The van der Waals surface area contributed by atoms with Gasteiger partial charge in [-0.1, -0.05) is 31.6 Å². The van der Waals surface area contributed by atoms with Crippen LogP contribution in [-0.4, -0.2) is 17.0 Å². The first-order valence-electron chi connectivity index (χ1n) is 10.6. The van der Waals surface area contributed by atoms with Crippen molar-refractivity contribution in [3.8, 4) is 0 Å². The lowest BCUT2D eigenvalue weighted by atomic mass is 9.48. The van der Waals surface area contributed by atoms with Crippen molar-refractivity contribution >= 4 is 23.2 Å². The number of aliphatic hydroxyl groups is 1. The molecule has 3 saturated carbocycles. The van der Waals surface area contributed by atoms with Crippen LogP contribution >= 0.6 is 11.3 Å². The van der Waals surface area contributed by atoms with Gasteiger partial charge in [-0.2, -0.15) is 0 Å². The van der Waals surface area contributed by atoms with Crippen LogP contribution in [0.15, 0.2) is 34.7 Å². The van der Waals surface area contributed by atoms with Crippen LogP contribution in [0.25, 0.3) is 6.08 Å². The van der Waals surface area contributed by atoms with Gasteiger partial charge in [0.15, 0.2) is 5.78 Å². The van der Waals surface area contributed by atoms with Gasteiger partial charge in [-0.15, -0.1) is 11.3 Å². The number of fused-ring (bicyclic) bond motifs is 5. The maximum Gasteiger partial charge on any atom is 0.165 e. The van der Waals surface area contributed by atoms with Gasteiger partial charge in [0.25, 0.3) is 0 Å². The normalized spacial score (nSPS) is 45.2. The predicted molar refractivity (Wildman–Crippen MR) is 110 cm³/mol. The van der Waals surface area contributed by atoms with E-state index in [4.69, 9.17) is 0 Å². The van der Waals surface area contributed by atoms with Crippen LogP contribution in [0.5, 0.6) is 0 Å². The number of thiophene rings is 1. The quantitative estimate of drug-likeness (QED) is 0.504. The smallest absolute Gasteiger partial charge is 0.165 e. The topological polar surface area (TPSA) is 37.3 Å². The van der Waals surface area contributed by atoms with Crippen molar-refractivity contribution in [1.29, 1.82) is 0 Å². The maximum atomic E-state index is 13.4. The average molecular weight is 383 g/mol. The lowest BCUT2D eigenvalue weighted by molar-refractivity contribution is -0.130. The second-order valence-corrected chi connectivity index (χ2v) is 10.8. The number of carbonyl (C=O) groups excluding carboxylic acids is 1. The molecule has 1 N–H and O–H groups in total. The first-order chi connectivity index (χ1) is 12.9. The summed E-state index contributed by atoms with van der Waals surface area (Å²) in [6.45, 7) is 4.70. The molecule has 2 nitrogen and oxygen atoms in total. The maximum absolute atomic E-state index is 13.4. The number of ketones is 1. The third kappa shape index (κ3) is 2.57. The molecule has 0 amide bonds. The van der Waals surface area contributed by atoms with E-state index in [2.05, 4.69) is 43.5 Å². The summed E-state index contributed by atoms with van der Waals surface area (Å²) >= 11 is 1.72. The summed E-state index contributed by atoms with van der Waals surface area (Å²) in [7, 11) is 0. The van der Waals surface area contributed by atoms with Crippen molar-refractivity contribution in [2.24, 2.45) is 28.6 Å². The summed E-state index contributed by atoms with van der Waals surface area (Å²) < 4.78 is 0. The Morgan fingerprint density at radius 2 is 1.96 bits per heavy atom. The third-order valence-corrected chi connectivity index (χ3v) is 9.40. The van der Waals surface area contributed by atoms with Crippen LogP contribution in [0.2, 0.25) is 0 Å². The molecule has 4 aliphatic carbocycles. The molecule has 0 aliphatic heterocycles. The van der Waals surface area contributed by atoms with E-state index in [0.717, 1.165) is 44.1 Å². The monoisotopic (exact) mass is 382 g/mol. The van der Waals surface area contributed by atoms with Crippen molar-refractivity contribution in [2.75, 3.05) is 0 Å². The standard InChI is InChI=1S/C24H30O2S/c1-23-9-7-17(25)14-16(23)5-6-19-20(23)8-10-24(2)21(19)13-15(22(24)26)12-18-4-3-11-27-18/h3-5,11-12,17,19-21,25H,6-10,13-14H2,1-2H3/b15-12+/t17-,19+,20-,21-,23-,24-/m0/s1. The minimum atomic E-state index is -0.167. The minimum absolute atomic E-state index is 0.150. The van der Waals surface area contributed by atoms with Crippen LogP contribution in [0, 0.1) is 28.6 Å². The molecule has 4 aliphatic rings. The number of rotatable bonds is 1. The van der Waals surface area contributed by atoms with Crippen LogP contribution in [0.4, 0.5) is 0 Å². The zero-order chi connectivity index (χ0) is 18.8. The van der Waals surface area contributed by atoms with Gasteiger partial charge in [-0.05, 0) is 91.2 Å². The predicted octanol–water partition coefficient (Wildman–Crippen LogP) is 5.63. The Kier molecular flexibility index (Phi) is 4.07. The van der Waals surface area contributed by atoms with Crippen molar-refractivity contribution in [1.82, 2.24) is 0 Å². The van der Waals surface area contributed by atoms with Gasteiger partial charge >= 0.3 is 0 Å². The second-order valence-electron chi connectivity index (χ2n) is 9.83. The number of Topliss-reactive ketones (excluding diaryl/α,β-unsaturated/α-hetero) is 1. The van der Waals surface area contributed by atoms with Gasteiger partial charge in [-0.25, -0.2) is 0 Å². The Morgan fingerprint density at radius 3 is 2.74 bits per heavy atom. The fourth-order valence-corrected chi connectivity index (χ4v) is 7.67. The Bertz CT molecular complexity index is 819. The number of aliphatic hydroxyl groups excluding tert-OH is 1. The Labute approximate surface area is 166 Å². The highest BCUT2D eigenvalue weighted by molar-refractivity contribution is 7.10. The summed E-state index contributed by atoms with van der Waals surface area (Å²) in [4.78, 5) is 14.6. The zero-order valence-corrected chi connectivity index (χ0v) is 17.2. The largest absolute Gasteiger partial charge is 0.393 e. The molecule has 6 atom stereocenters. The van der Waals surface area contributed by atoms with Crippen LogP contribution in [-0.2, 0) is 4.79 Å². The Hall–Kier alpha value is -1.19. The van der Waals surface area contributed by atoms with E-state index in [9.17, 15) is 9.90 Å². The third-order valence-electron chi connectivity index (χ3n) is 8.58. The van der Waals surface area contributed by atoms with E-state index in [1.165, 1.54) is 16.9 Å². The van der Waals surface area contributed by atoms with E-state index < -0.39 is 0 Å². The number of carbonyl (C=O) groups is 1. The molecule has 3 fully saturated rings. The SMILES string of the molecule is C[C@]12CC[C@H](O)CC1=CC[C@@H]1[C@@H]2CC[C@]2(C)C(=O)/C(=C/c3cccs3)C[C@@H]12. The van der Waals surface area contributed by atoms with Crippen molar-refractivity contribution in [2.45, 2.75) is 64.9 Å². The summed E-state index contributed by atoms with van der Waals surface area (Å²) in [6, 6.07) is 4.18. The molecule has 0 bridgehead atoms. The molecule has 0 radical (unpaired) electrons. The molecule has 0 aromatic carbocycles. The van der Waals surface area contributed by atoms with Gasteiger partial charge < -0.3 is 5.11 Å². The summed E-state index contributed by atoms with van der Waals surface area (Å²) in [5, 5.41) is 12.2. The number of allylic oxidation sites excluding steroid dienone is 2. The van der Waals surface area contributed by atoms with Crippen LogP contribution in [0.3, 0.4) is 0 Å². The molecule has 0 spiro atoms. The van der Waals surface area contributed by atoms with Gasteiger partial charge in [0.2, 0.25) is 0 Å². The van der Waals surface area contributed by atoms with E-state index in [1.54, 1.807) is 11.3 Å². The van der Waals surface area contributed by atoms with Crippen molar-refractivity contribution in [3.63, 3.8) is 0 Å². The highest BCUT2D eigenvalue weighted by Gasteiger charge is 2.59. The molecule has 27 heavy (non-hydrogen) atoms. The molecule has 0 unspecified atom stereocenters. The fraction of sp³-hybridized carbons (Fsp3) is 0.625. The van der Waals surface area contributed by atoms with Gasteiger partial charge in [0.1, 0.15) is 0 Å². The molecular formula is C24H30O2S. The van der Waals surface area contributed by atoms with Gasteiger partial charge in [-0.3, -0.25) is 4.79 Å². The minimum Gasteiger partial charge on any atom is -0.393 e. The van der Waals surface area contributed by atoms with E-state index in [-0.39, 0.29) is 16.9 Å². The Balaban J connectivity index is 1.49. The molecular weight excluding hydrogens is 352 g/mol. The van der Waals surface area contributed by atoms with Crippen LogP contribution in [0.1, 0.15) is 63.7 Å². The summed E-state index contributed by atoms with van der Waals surface area (Å²) in [5.41, 5.74) is 2.64. The summed E-state index contributed by atoms with van der Waals surface area (Å²) in [5.74, 6) is 2.19. The fourth-order valence-electron chi connectivity index (χ4n) is 6.99. The summed E-state index contributed by atoms with van der Waals surface area (Å²) in [6.07, 6.45) is 11.6. The van der Waals surface area contributed by atoms with Crippen molar-refractivity contribution in [3.05, 3.63) is 39.6 Å². The first-order valence-corrected chi connectivity index (χ1v) is 11.5. The molecule has 144 valence electrons. The molecule has 5 rings (SSSR count). The van der Waals surface area contributed by atoms with Gasteiger partial charge in [0.05, 0.1) is 6.10 Å². The van der Waals surface area contributed by atoms with E-state index >= 15 is 0 Å². The molecule has 1 heterocycles. The number of hydrogen-bond acceptors (Lipinski definition) is 3. The molecule has 1 aromatic heterocycles. The second kappa shape index (κ2) is 6.15. The lowest BCUT2D eigenvalue weighted by Crippen LogP contribution is -2.50. The average Bonchev–Trinajstić information content (AvgIpc) is 3.24. The Morgan fingerprint density at radius 1 is 1.15 bits per heavy atom. The molecule has 1 aromatic rings. The number of hydrogen-bond donors (Lipinski definition) is 1. The first kappa shape index (κ1) is 17.9. The highest BCUT2D eigenvalue weighted by Crippen LogP contribution is 2.64. The zero-order valence-electron chi connectivity index (χ0n) is 16.4. The molecule has 3 heteroatoms. The van der Waals surface area contributed by atoms with Crippen molar-refractivity contribution < 1.29 is 9.90 Å². The lowest BCUT2D eigenvalue weighted by Gasteiger charge is -2.56. The van der Waals surface area contributed by atoms with Crippen LogP contribution < -0.4 is 0 Å². The molecule has 0 saturated heterocycles. The van der Waals surface area contributed by atoms with Gasteiger partial charge in [0, 0.05) is 10.3 Å². The van der Waals surface area contributed by atoms with E-state index in [1.807, 2.05) is 0 Å². The highest BCUT2D eigenvalue weighted by atomic mass is 32.1. The van der Waals surface area contributed by atoms with E-state index in [0.29, 0.717) is 23.5 Å².